The minimum absolute atomic E-state index is 0.143. The number of rotatable bonds is 3. The number of hydrogen-bond donors (Lipinski definition) is 0. The number of hydrogen-bond acceptors (Lipinski definition) is 3. The zero-order chi connectivity index (χ0) is 14.7. The number of carbonyl (C=O) groups excluding carboxylic acids is 1. The van der Waals surface area contributed by atoms with Crippen molar-refractivity contribution in [3.05, 3.63) is 30.3 Å². The molecule has 0 spiro atoms. The number of carbonyl (C=O) groups is 1. The molecule has 4 nitrogen and oxygen atoms in total. The van der Waals surface area contributed by atoms with E-state index in [1.165, 1.54) is 19.3 Å². The molecule has 1 heterocycles. The molecule has 1 amide bonds. The van der Waals surface area contributed by atoms with Gasteiger partial charge in [-0.1, -0.05) is 37.5 Å². The number of anilines is 1. The summed E-state index contributed by atoms with van der Waals surface area (Å²) in [5, 5.41) is 6.33. The van der Waals surface area contributed by atoms with Crippen LogP contribution in [-0.4, -0.2) is 36.2 Å². The van der Waals surface area contributed by atoms with E-state index in [0.717, 1.165) is 31.5 Å². The van der Waals surface area contributed by atoms with E-state index >= 15 is 0 Å². The molecule has 21 heavy (non-hydrogen) atoms. The molecule has 0 atom stereocenters. The molecule has 1 saturated carbocycles. The maximum Gasteiger partial charge on any atom is 0.270 e. The molecule has 112 valence electrons. The maximum absolute atomic E-state index is 12.5. The zero-order valence-corrected chi connectivity index (χ0v) is 12.7. The highest BCUT2D eigenvalue weighted by Gasteiger charge is 2.33. The first-order valence-corrected chi connectivity index (χ1v) is 7.93. The lowest BCUT2D eigenvalue weighted by Gasteiger charge is -2.30. The van der Waals surface area contributed by atoms with Crippen LogP contribution in [0, 0.1) is 0 Å². The van der Waals surface area contributed by atoms with Gasteiger partial charge in [0.05, 0.1) is 5.69 Å². The number of amides is 1. The van der Waals surface area contributed by atoms with Gasteiger partial charge in [-0.05, 0) is 25.0 Å². The fourth-order valence-corrected chi connectivity index (χ4v) is 3.32. The highest BCUT2D eigenvalue weighted by molar-refractivity contribution is 6.40. The molecule has 0 radical (unpaired) electrons. The largest absolute Gasteiger partial charge is 0.334 e. The Labute approximate surface area is 126 Å². The van der Waals surface area contributed by atoms with Crippen LogP contribution in [0.5, 0.6) is 0 Å². The van der Waals surface area contributed by atoms with Gasteiger partial charge in [-0.3, -0.25) is 9.80 Å². The van der Waals surface area contributed by atoms with Crippen molar-refractivity contribution in [2.24, 2.45) is 5.10 Å². The summed E-state index contributed by atoms with van der Waals surface area (Å²) in [6.45, 7) is 0.838. The maximum atomic E-state index is 12.5. The minimum Gasteiger partial charge on any atom is -0.334 e. The van der Waals surface area contributed by atoms with Crippen LogP contribution in [0.3, 0.4) is 0 Å². The summed E-state index contributed by atoms with van der Waals surface area (Å²) in [5.41, 5.74) is 1.71. The molecule has 0 aromatic heterocycles. The second-order valence-corrected chi connectivity index (χ2v) is 5.95. The first-order valence-electron chi connectivity index (χ1n) is 7.93. The van der Waals surface area contributed by atoms with E-state index in [2.05, 4.69) is 10.0 Å². The molecule has 1 aromatic carbocycles. The fraction of sp³-hybridized carbons (Fsp3) is 0.529. The van der Waals surface area contributed by atoms with Gasteiger partial charge in [0.15, 0.2) is 0 Å². The number of likely N-dealkylation sites (tertiary alicyclic amines) is 1. The minimum atomic E-state index is 0.143. The third-order valence-electron chi connectivity index (χ3n) is 4.51. The topological polar surface area (TPSA) is 35.9 Å². The van der Waals surface area contributed by atoms with Gasteiger partial charge in [0.1, 0.15) is 5.71 Å². The number of hydrazone groups is 1. The molecule has 4 heteroatoms. The SMILES string of the molecule is CN(/N=C1\CCN(C2CCCCC2)C1=O)c1ccccc1. The Morgan fingerprint density at radius 2 is 1.86 bits per heavy atom. The number of para-hydroxylation sites is 1. The second-order valence-electron chi connectivity index (χ2n) is 5.95. The first kappa shape index (κ1) is 14.1. The average Bonchev–Trinajstić information content (AvgIpc) is 2.90. The normalized spacial score (nSPS) is 22.0. The van der Waals surface area contributed by atoms with E-state index in [1.807, 2.05) is 37.4 Å². The highest BCUT2D eigenvalue weighted by atomic mass is 16.2. The molecule has 2 aliphatic rings. The molecule has 0 bridgehead atoms. The van der Waals surface area contributed by atoms with Crippen LogP contribution in [-0.2, 0) is 4.79 Å². The van der Waals surface area contributed by atoms with Crippen molar-refractivity contribution in [3.63, 3.8) is 0 Å². The van der Waals surface area contributed by atoms with E-state index in [4.69, 9.17) is 0 Å². The quantitative estimate of drug-likeness (QED) is 0.800. The van der Waals surface area contributed by atoms with Crippen LogP contribution in [0.1, 0.15) is 38.5 Å². The summed E-state index contributed by atoms with van der Waals surface area (Å²) in [6, 6.07) is 10.4. The monoisotopic (exact) mass is 285 g/mol. The van der Waals surface area contributed by atoms with Crippen LogP contribution in [0.4, 0.5) is 5.69 Å². The van der Waals surface area contributed by atoms with Crippen molar-refractivity contribution in [2.75, 3.05) is 18.6 Å². The molecule has 0 unspecified atom stereocenters. The molecular weight excluding hydrogens is 262 g/mol. The van der Waals surface area contributed by atoms with Crippen molar-refractivity contribution in [1.82, 2.24) is 4.90 Å². The highest BCUT2D eigenvalue weighted by Crippen LogP contribution is 2.26. The lowest BCUT2D eigenvalue weighted by Crippen LogP contribution is -2.39. The van der Waals surface area contributed by atoms with Crippen LogP contribution < -0.4 is 5.01 Å². The smallest absolute Gasteiger partial charge is 0.270 e. The summed E-state index contributed by atoms with van der Waals surface area (Å²) < 4.78 is 0. The summed E-state index contributed by atoms with van der Waals surface area (Å²) >= 11 is 0. The van der Waals surface area contributed by atoms with Gasteiger partial charge in [0.2, 0.25) is 0 Å². The molecule has 1 aliphatic heterocycles. The summed E-state index contributed by atoms with van der Waals surface area (Å²) in [7, 11) is 1.90. The lowest BCUT2D eigenvalue weighted by molar-refractivity contribution is -0.125. The third kappa shape index (κ3) is 3.09. The van der Waals surface area contributed by atoms with Gasteiger partial charge in [-0.15, -0.1) is 0 Å². The number of nitrogens with zero attached hydrogens (tertiary/aromatic N) is 3. The Morgan fingerprint density at radius 3 is 2.57 bits per heavy atom. The van der Waals surface area contributed by atoms with Crippen molar-refractivity contribution >= 4 is 17.3 Å². The second kappa shape index (κ2) is 6.29. The average molecular weight is 285 g/mol. The predicted octanol–water partition coefficient (Wildman–Crippen LogP) is 3.04. The molecular formula is C17H23N3O. The molecule has 1 aromatic rings. The van der Waals surface area contributed by atoms with Gasteiger partial charge in [-0.2, -0.15) is 5.10 Å². The Bertz CT molecular complexity index is 520. The molecule has 0 N–H and O–H groups in total. The van der Waals surface area contributed by atoms with Crippen LogP contribution in [0.25, 0.3) is 0 Å². The van der Waals surface area contributed by atoms with Gasteiger partial charge >= 0.3 is 0 Å². The molecule has 2 fully saturated rings. The zero-order valence-electron chi connectivity index (χ0n) is 12.7. The van der Waals surface area contributed by atoms with E-state index < -0.39 is 0 Å². The van der Waals surface area contributed by atoms with Gasteiger partial charge in [-0.25, -0.2) is 0 Å². The standard InChI is InChI=1S/C17H23N3O/c1-19(14-8-4-2-5-9-14)18-16-12-13-20(17(16)21)15-10-6-3-7-11-15/h2,4-5,8-9,15H,3,6-7,10-13H2,1H3/b18-16+. The van der Waals surface area contributed by atoms with Gasteiger partial charge < -0.3 is 4.90 Å². The van der Waals surface area contributed by atoms with Crippen molar-refractivity contribution in [3.8, 4) is 0 Å². The van der Waals surface area contributed by atoms with Crippen molar-refractivity contribution in [1.29, 1.82) is 0 Å². The third-order valence-corrected chi connectivity index (χ3v) is 4.51. The van der Waals surface area contributed by atoms with E-state index in [9.17, 15) is 4.79 Å². The Hall–Kier alpha value is -1.84. The summed E-state index contributed by atoms with van der Waals surface area (Å²) in [6.07, 6.45) is 6.92. The Morgan fingerprint density at radius 1 is 1.14 bits per heavy atom. The van der Waals surface area contributed by atoms with E-state index in [-0.39, 0.29) is 5.91 Å². The van der Waals surface area contributed by atoms with Gasteiger partial charge in [0, 0.05) is 26.1 Å². The number of benzene rings is 1. The summed E-state index contributed by atoms with van der Waals surface area (Å²) in [4.78, 5) is 14.6. The predicted molar refractivity (Wildman–Crippen MR) is 85.5 cm³/mol. The Balaban J connectivity index is 1.69. The molecule has 3 rings (SSSR count). The van der Waals surface area contributed by atoms with Crippen LogP contribution in [0.2, 0.25) is 0 Å². The van der Waals surface area contributed by atoms with Crippen LogP contribution in [0.15, 0.2) is 35.4 Å². The van der Waals surface area contributed by atoms with E-state index in [1.54, 1.807) is 5.01 Å². The molecule has 1 saturated heterocycles. The first-order chi connectivity index (χ1) is 10.3. The molecule has 1 aliphatic carbocycles. The Kier molecular flexibility index (Phi) is 4.23. The summed E-state index contributed by atoms with van der Waals surface area (Å²) in [5.74, 6) is 0.143. The van der Waals surface area contributed by atoms with Crippen molar-refractivity contribution < 1.29 is 4.79 Å². The van der Waals surface area contributed by atoms with Gasteiger partial charge in [0.25, 0.3) is 5.91 Å². The van der Waals surface area contributed by atoms with Crippen LogP contribution >= 0.6 is 0 Å². The lowest BCUT2D eigenvalue weighted by atomic mass is 9.94. The fourth-order valence-electron chi connectivity index (χ4n) is 3.32. The van der Waals surface area contributed by atoms with E-state index in [0.29, 0.717) is 11.8 Å². The van der Waals surface area contributed by atoms with Crippen molar-refractivity contribution in [2.45, 2.75) is 44.6 Å².